The number of aromatic nitrogens is 2. The van der Waals surface area contributed by atoms with E-state index < -0.39 is 6.10 Å². The molecule has 1 aromatic carbocycles. The minimum Gasteiger partial charge on any atom is -0.391 e. The van der Waals surface area contributed by atoms with E-state index in [-0.39, 0.29) is 17.8 Å². The number of imidazole rings is 1. The van der Waals surface area contributed by atoms with Crippen LogP contribution in [-0.4, -0.2) is 27.4 Å². The molecule has 0 saturated heterocycles. The molecular formula is C17H28ClN3O. The Balaban J connectivity index is 0.00000242. The number of rotatable bonds is 4. The fourth-order valence-electron chi connectivity index (χ4n) is 2.59. The summed E-state index contributed by atoms with van der Waals surface area (Å²) in [7, 11) is 1.82. The molecule has 1 unspecified atom stereocenters. The highest BCUT2D eigenvalue weighted by Crippen LogP contribution is 2.22. The lowest BCUT2D eigenvalue weighted by atomic mass is 9.89. The van der Waals surface area contributed by atoms with Gasteiger partial charge in [-0.1, -0.05) is 39.8 Å². The molecule has 0 aliphatic rings. The highest BCUT2D eigenvalue weighted by atomic mass is 35.5. The number of fused-ring (bicyclic) bond motifs is 1. The Kier molecular flexibility index (Phi) is 6.27. The summed E-state index contributed by atoms with van der Waals surface area (Å²) in [5.41, 5.74) is 3.10. The number of halogens is 1. The van der Waals surface area contributed by atoms with Gasteiger partial charge in [0.2, 0.25) is 5.62 Å². The number of aliphatic hydroxyl groups excluding tert-OH is 1. The van der Waals surface area contributed by atoms with E-state index >= 15 is 0 Å². The lowest BCUT2D eigenvalue weighted by Crippen LogP contribution is -2.35. The molecule has 2 rings (SSSR count). The summed E-state index contributed by atoms with van der Waals surface area (Å²) >= 11 is 0. The van der Waals surface area contributed by atoms with Gasteiger partial charge in [0.15, 0.2) is 0 Å². The third-order valence-corrected chi connectivity index (χ3v) is 3.95. The van der Waals surface area contributed by atoms with Crippen molar-refractivity contribution in [3.8, 4) is 0 Å². The van der Waals surface area contributed by atoms with Crippen LogP contribution in [0.15, 0.2) is 29.3 Å². The normalized spacial score (nSPS) is 14.2. The fourth-order valence-corrected chi connectivity index (χ4v) is 2.59. The molecule has 22 heavy (non-hydrogen) atoms. The van der Waals surface area contributed by atoms with Gasteiger partial charge in [0.05, 0.1) is 23.7 Å². The van der Waals surface area contributed by atoms with Crippen LogP contribution in [-0.2, 0) is 13.1 Å². The molecule has 0 bridgehead atoms. The molecule has 0 radical (unpaired) electrons. The number of aryl methyl sites for hydroxylation is 1. The predicted molar refractivity (Wildman–Crippen MR) is 94.4 cm³/mol. The zero-order valence-electron chi connectivity index (χ0n) is 14.2. The molecule has 2 aromatic rings. The summed E-state index contributed by atoms with van der Waals surface area (Å²) in [5.74, 6) is 0. The van der Waals surface area contributed by atoms with Gasteiger partial charge in [0.25, 0.3) is 0 Å². The minimum absolute atomic E-state index is 0. The molecule has 4 nitrogen and oxygen atoms in total. The molecule has 124 valence electrons. The molecule has 0 amide bonds. The first-order valence-electron chi connectivity index (χ1n) is 7.69. The average Bonchev–Trinajstić information content (AvgIpc) is 2.72. The SMILES string of the molecule is CCCn1c(=NC)n(CC(O)C(C)(C)C)c2ccccc21.Cl. The van der Waals surface area contributed by atoms with E-state index in [1.54, 1.807) is 0 Å². The molecule has 1 heterocycles. The van der Waals surface area contributed by atoms with Crippen molar-refractivity contribution in [2.45, 2.75) is 53.3 Å². The van der Waals surface area contributed by atoms with Crippen molar-refractivity contribution in [3.63, 3.8) is 0 Å². The molecular weight excluding hydrogens is 298 g/mol. The lowest BCUT2D eigenvalue weighted by Gasteiger charge is -2.26. The monoisotopic (exact) mass is 325 g/mol. The molecule has 0 aliphatic carbocycles. The van der Waals surface area contributed by atoms with Crippen LogP contribution in [0.2, 0.25) is 0 Å². The van der Waals surface area contributed by atoms with Gasteiger partial charge in [-0.25, -0.2) is 0 Å². The van der Waals surface area contributed by atoms with E-state index in [0.717, 1.165) is 24.1 Å². The standard InChI is InChI=1S/C17H27N3O.ClH/c1-6-11-19-13-9-7-8-10-14(13)20(16(19)18-5)12-15(21)17(2,3)4;/h7-10,15,21H,6,11-12H2,1-5H3;1H. The Labute approximate surface area is 138 Å². The van der Waals surface area contributed by atoms with E-state index in [1.807, 2.05) is 13.1 Å². The first kappa shape index (κ1) is 18.8. The van der Waals surface area contributed by atoms with Crippen LogP contribution in [0.4, 0.5) is 0 Å². The predicted octanol–water partition coefficient (Wildman–Crippen LogP) is 3.21. The second-order valence-electron chi connectivity index (χ2n) is 6.66. The average molecular weight is 326 g/mol. The molecule has 0 saturated carbocycles. The van der Waals surface area contributed by atoms with Gasteiger partial charge in [-0.05, 0) is 24.0 Å². The maximum atomic E-state index is 10.5. The Hall–Kier alpha value is -1.26. The summed E-state index contributed by atoms with van der Waals surface area (Å²) < 4.78 is 4.38. The Morgan fingerprint density at radius 1 is 1.14 bits per heavy atom. The van der Waals surface area contributed by atoms with Crippen LogP contribution >= 0.6 is 12.4 Å². The summed E-state index contributed by atoms with van der Waals surface area (Å²) in [4.78, 5) is 4.48. The van der Waals surface area contributed by atoms with Gasteiger partial charge in [-0.3, -0.25) is 4.99 Å². The zero-order valence-corrected chi connectivity index (χ0v) is 15.0. The largest absolute Gasteiger partial charge is 0.391 e. The van der Waals surface area contributed by atoms with Crippen LogP contribution in [0.1, 0.15) is 34.1 Å². The molecule has 1 aromatic heterocycles. The third kappa shape index (κ3) is 3.55. The molecule has 1 N–H and O–H groups in total. The minimum atomic E-state index is -0.413. The van der Waals surface area contributed by atoms with Crippen molar-refractivity contribution < 1.29 is 5.11 Å². The smallest absolute Gasteiger partial charge is 0.205 e. The van der Waals surface area contributed by atoms with E-state index in [1.165, 1.54) is 5.52 Å². The summed E-state index contributed by atoms with van der Waals surface area (Å²) in [6.07, 6.45) is 0.645. The third-order valence-electron chi connectivity index (χ3n) is 3.95. The number of aliphatic hydroxyl groups is 1. The lowest BCUT2D eigenvalue weighted by molar-refractivity contribution is 0.0479. The first-order valence-corrected chi connectivity index (χ1v) is 7.69. The van der Waals surface area contributed by atoms with E-state index in [0.29, 0.717) is 6.54 Å². The second-order valence-corrected chi connectivity index (χ2v) is 6.66. The maximum Gasteiger partial charge on any atom is 0.205 e. The van der Waals surface area contributed by atoms with Gasteiger partial charge in [0.1, 0.15) is 0 Å². The van der Waals surface area contributed by atoms with Gasteiger partial charge < -0.3 is 14.2 Å². The quantitative estimate of drug-likeness (QED) is 0.921. The molecule has 0 aliphatic heterocycles. The van der Waals surface area contributed by atoms with Crippen LogP contribution in [0.3, 0.4) is 0 Å². The number of benzene rings is 1. The fraction of sp³-hybridized carbons (Fsp3) is 0.588. The molecule has 5 heteroatoms. The number of hydrogen-bond donors (Lipinski definition) is 1. The van der Waals surface area contributed by atoms with Crippen molar-refractivity contribution in [2.75, 3.05) is 7.05 Å². The Bertz CT molecular complexity index is 679. The first-order chi connectivity index (χ1) is 9.90. The summed E-state index contributed by atoms with van der Waals surface area (Å²) in [6.45, 7) is 9.85. The van der Waals surface area contributed by atoms with Crippen LogP contribution in [0.5, 0.6) is 0 Å². The van der Waals surface area contributed by atoms with Crippen LogP contribution in [0.25, 0.3) is 11.0 Å². The van der Waals surface area contributed by atoms with Crippen molar-refractivity contribution in [3.05, 3.63) is 29.9 Å². The van der Waals surface area contributed by atoms with E-state index in [9.17, 15) is 5.11 Å². The van der Waals surface area contributed by atoms with Gasteiger partial charge in [-0.2, -0.15) is 0 Å². The second kappa shape index (κ2) is 7.34. The van der Waals surface area contributed by atoms with Crippen molar-refractivity contribution in [2.24, 2.45) is 10.4 Å². The van der Waals surface area contributed by atoms with Gasteiger partial charge in [0, 0.05) is 13.6 Å². The Morgan fingerprint density at radius 3 is 2.14 bits per heavy atom. The highest BCUT2D eigenvalue weighted by molar-refractivity contribution is 5.85. The molecule has 0 fully saturated rings. The van der Waals surface area contributed by atoms with Crippen LogP contribution < -0.4 is 5.62 Å². The van der Waals surface area contributed by atoms with Crippen molar-refractivity contribution in [1.82, 2.24) is 9.13 Å². The summed E-state index contributed by atoms with van der Waals surface area (Å²) in [5, 5.41) is 10.5. The highest BCUT2D eigenvalue weighted by Gasteiger charge is 2.24. The summed E-state index contributed by atoms with van der Waals surface area (Å²) in [6, 6.07) is 8.32. The zero-order chi connectivity index (χ0) is 15.6. The topological polar surface area (TPSA) is 42.5 Å². The van der Waals surface area contributed by atoms with Gasteiger partial charge >= 0.3 is 0 Å². The molecule has 0 spiro atoms. The number of para-hydroxylation sites is 2. The maximum absolute atomic E-state index is 10.5. The number of nitrogens with zero attached hydrogens (tertiary/aromatic N) is 3. The Morgan fingerprint density at radius 2 is 1.68 bits per heavy atom. The molecule has 1 atom stereocenters. The van der Waals surface area contributed by atoms with Gasteiger partial charge in [-0.15, -0.1) is 12.4 Å². The van der Waals surface area contributed by atoms with Crippen molar-refractivity contribution in [1.29, 1.82) is 0 Å². The van der Waals surface area contributed by atoms with E-state index in [4.69, 9.17) is 0 Å². The van der Waals surface area contributed by atoms with E-state index in [2.05, 4.69) is 60.0 Å². The van der Waals surface area contributed by atoms with Crippen molar-refractivity contribution >= 4 is 23.4 Å². The number of hydrogen-bond acceptors (Lipinski definition) is 2. The van der Waals surface area contributed by atoms with Crippen LogP contribution in [0, 0.1) is 5.41 Å².